The number of benzene rings is 3. The second-order valence-corrected chi connectivity index (χ2v) is 6.16. The number of rotatable bonds is 7. The third-order valence-corrected chi connectivity index (χ3v) is 4.45. The summed E-state index contributed by atoms with van der Waals surface area (Å²) in [5, 5.41) is 0. The molecule has 0 amide bonds. The largest absolute Gasteiger partial charge is 0.240 e. The highest BCUT2D eigenvalue weighted by Gasteiger charge is 2.37. The maximum atomic E-state index is 11.2. The summed E-state index contributed by atoms with van der Waals surface area (Å²) in [6.45, 7) is 0. The lowest BCUT2D eigenvalue weighted by molar-refractivity contribution is 0.517. The Labute approximate surface area is 167 Å². The summed E-state index contributed by atoms with van der Waals surface area (Å²) in [4.78, 5) is 44.9. The summed E-state index contributed by atoms with van der Waals surface area (Å²) < 4.78 is 0. The Morgan fingerprint density at radius 2 is 1.31 bits per heavy atom. The van der Waals surface area contributed by atoms with E-state index in [0.29, 0.717) is 12.0 Å². The van der Waals surface area contributed by atoms with Crippen LogP contribution in [0, 0.1) is 0 Å². The highest BCUT2D eigenvalue weighted by atomic mass is 16.1. The Bertz CT molecular complexity index is 1120. The molecule has 0 unspecified atom stereocenters. The lowest BCUT2D eigenvalue weighted by Crippen LogP contribution is -2.23. The van der Waals surface area contributed by atoms with E-state index in [9.17, 15) is 14.4 Å². The first-order valence-corrected chi connectivity index (χ1v) is 8.72. The van der Waals surface area contributed by atoms with Crippen LogP contribution < -0.4 is 0 Å². The second-order valence-electron chi connectivity index (χ2n) is 6.16. The van der Waals surface area contributed by atoms with Gasteiger partial charge in [0.1, 0.15) is 0 Å². The van der Waals surface area contributed by atoms with Gasteiger partial charge in [-0.05, 0) is 23.6 Å². The molecule has 0 aliphatic rings. The average molecular weight is 381 g/mol. The summed E-state index contributed by atoms with van der Waals surface area (Å²) in [7, 11) is 0. The molecule has 0 aliphatic carbocycles. The van der Waals surface area contributed by atoms with E-state index in [1.165, 1.54) is 18.2 Å². The van der Waals surface area contributed by atoms with Gasteiger partial charge in [-0.3, -0.25) is 0 Å². The fourth-order valence-corrected chi connectivity index (χ4v) is 3.19. The zero-order chi connectivity index (χ0) is 20.5. The van der Waals surface area contributed by atoms with Crippen molar-refractivity contribution >= 4 is 23.9 Å². The highest BCUT2D eigenvalue weighted by molar-refractivity contribution is 5.62. The molecule has 3 rings (SSSR count). The van der Waals surface area contributed by atoms with Gasteiger partial charge in [0.15, 0.2) is 0 Å². The van der Waals surface area contributed by atoms with Gasteiger partial charge in [0, 0.05) is 11.1 Å². The van der Waals surface area contributed by atoms with Crippen LogP contribution in [0.15, 0.2) is 93.8 Å². The van der Waals surface area contributed by atoms with Crippen LogP contribution >= 0.6 is 0 Å². The molecule has 6 nitrogen and oxygen atoms in total. The maximum absolute atomic E-state index is 11.2. The molecule has 0 saturated heterocycles. The topological polar surface area (TPSA) is 88.3 Å². The predicted octanol–water partition coefficient (Wildman–Crippen LogP) is 4.12. The molecule has 3 aromatic rings. The molecule has 0 atom stereocenters. The fourth-order valence-electron chi connectivity index (χ4n) is 3.19. The van der Waals surface area contributed by atoms with Crippen molar-refractivity contribution in [2.75, 3.05) is 0 Å². The van der Waals surface area contributed by atoms with Gasteiger partial charge in [0.2, 0.25) is 23.9 Å². The third-order valence-electron chi connectivity index (χ3n) is 4.45. The third kappa shape index (κ3) is 4.22. The maximum Gasteiger partial charge on any atom is 0.240 e. The molecule has 29 heavy (non-hydrogen) atoms. The zero-order valence-corrected chi connectivity index (χ0v) is 15.3. The number of hydrogen-bond acceptors (Lipinski definition) is 6. The van der Waals surface area contributed by atoms with Crippen LogP contribution in [0.4, 0.5) is 5.69 Å². The molecule has 0 N–H and O–H groups in total. The van der Waals surface area contributed by atoms with E-state index in [1.807, 2.05) is 36.4 Å². The van der Waals surface area contributed by atoms with E-state index in [-0.39, 0.29) is 11.3 Å². The van der Waals surface area contributed by atoms with Crippen molar-refractivity contribution in [1.82, 2.24) is 0 Å². The van der Waals surface area contributed by atoms with Gasteiger partial charge in [-0.15, -0.1) is 0 Å². The van der Waals surface area contributed by atoms with Crippen molar-refractivity contribution in [2.45, 2.75) is 12.1 Å². The van der Waals surface area contributed by atoms with Crippen molar-refractivity contribution < 1.29 is 14.4 Å². The van der Waals surface area contributed by atoms with Gasteiger partial charge < -0.3 is 0 Å². The molecule has 0 radical (unpaired) electrons. The van der Waals surface area contributed by atoms with Gasteiger partial charge in [0.05, 0.1) is 5.69 Å². The molecule has 0 heterocycles. The van der Waals surface area contributed by atoms with Crippen LogP contribution in [0.5, 0.6) is 0 Å². The van der Waals surface area contributed by atoms with Gasteiger partial charge in [0.25, 0.3) is 0 Å². The molecular formula is C23H15N3O3. The summed E-state index contributed by atoms with van der Waals surface area (Å²) >= 11 is 0. The van der Waals surface area contributed by atoms with E-state index >= 15 is 0 Å². The van der Waals surface area contributed by atoms with Gasteiger partial charge in [-0.25, -0.2) is 14.4 Å². The second kappa shape index (κ2) is 9.14. The predicted molar refractivity (Wildman–Crippen MR) is 107 cm³/mol. The number of carbonyl (C=O) groups excluding carboxylic acids is 3. The molecule has 0 aliphatic heterocycles. The van der Waals surface area contributed by atoms with Crippen LogP contribution in [0.3, 0.4) is 0 Å². The molecule has 0 aromatic heterocycles. The van der Waals surface area contributed by atoms with Crippen LogP contribution in [0.1, 0.15) is 22.3 Å². The smallest absolute Gasteiger partial charge is 0.211 e. The minimum absolute atomic E-state index is 0.204. The SMILES string of the molecule is O=C=Nc1cc(Cc2ccccc2)ccc1C(N=C=O)(N=C=O)c1ccccc1. The highest BCUT2D eigenvalue weighted by Crippen LogP contribution is 2.40. The Morgan fingerprint density at radius 1 is 0.690 bits per heavy atom. The normalized spacial score (nSPS) is 11.9. The Hall–Kier alpha value is -4.20. The van der Waals surface area contributed by atoms with E-state index in [1.54, 1.807) is 42.5 Å². The monoisotopic (exact) mass is 381 g/mol. The Kier molecular flexibility index (Phi) is 6.16. The molecular weight excluding hydrogens is 366 g/mol. The minimum atomic E-state index is -1.74. The molecule has 6 heteroatoms. The van der Waals surface area contributed by atoms with E-state index < -0.39 is 5.66 Å². The molecule has 0 spiro atoms. The van der Waals surface area contributed by atoms with Crippen molar-refractivity contribution in [2.24, 2.45) is 15.0 Å². The molecule has 0 fully saturated rings. The zero-order valence-electron chi connectivity index (χ0n) is 15.3. The van der Waals surface area contributed by atoms with E-state index in [4.69, 9.17) is 0 Å². The van der Waals surface area contributed by atoms with Gasteiger partial charge in [-0.1, -0.05) is 72.8 Å². The van der Waals surface area contributed by atoms with Gasteiger partial charge >= 0.3 is 0 Å². The van der Waals surface area contributed by atoms with Crippen LogP contribution in [0.25, 0.3) is 0 Å². The van der Waals surface area contributed by atoms with Crippen molar-refractivity contribution in [3.8, 4) is 0 Å². The fraction of sp³-hybridized carbons (Fsp3) is 0.0870. The first-order chi connectivity index (χ1) is 14.2. The molecule has 0 bridgehead atoms. The quantitative estimate of drug-likeness (QED) is 0.455. The molecule has 140 valence electrons. The summed E-state index contributed by atoms with van der Waals surface area (Å²) in [5.41, 5.74) is 1.12. The van der Waals surface area contributed by atoms with Gasteiger partial charge in [-0.2, -0.15) is 15.0 Å². The number of isocyanates is 3. The van der Waals surface area contributed by atoms with Crippen molar-refractivity contribution in [3.63, 3.8) is 0 Å². The van der Waals surface area contributed by atoms with E-state index in [0.717, 1.165) is 11.1 Å². The molecule has 0 saturated carbocycles. The van der Waals surface area contributed by atoms with Crippen LogP contribution in [-0.4, -0.2) is 18.2 Å². The lowest BCUT2D eigenvalue weighted by atomic mass is 9.89. The number of aliphatic imine (C=N–C) groups is 3. The Morgan fingerprint density at radius 3 is 1.90 bits per heavy atom. The van der Waals surface area contributed by atoms with E-state index in [2.05, 4.69) is 15.0 Å². The van der Waals surface area contributed by atoms with Crippen LogP contribution in [0.2, 0.25) is 0 Å². The summed E-state index contributed by atoms with van der Waals surface area (Å²) in [6.07, 6.45) is 5.08. The minimum Gasteiger partial charge on any atom is -0.211 e. The molecule has 3 aromatic carbocycles. The van der Waals surface area contributed by atoms with Crippen LogP contribution in [-0.2, 0) is 26.5 Å². The first kappa shape index (κ1) is 19.6. The number of hydrogen-bond donors (Lipinski definition) is 0. The Balaban J connectivity index is 2.21. The average Bonchev–Trinajstić information content (AvgIpc) is 2.75. The first-order valence-electron chi connectivity index (χ1n) is 8.72. The van der Waals surface area contributed by atoms with Crippen molar-refractivity contribution in [1.29, 1.82) is 0 Å². The number of nitrogens with zero attached hydrogens (tertiary/aromatic N) is 3. The summed E-state index contributed by atoms with van der Waals surface area (Å²) in [6, 6.07) is 23.4. The lowest BCUT2D eigenvalue weighted by Gasteiger charge is -2.24. The standard InChI is InChI=1S/C23H15N3O3/c27-15-24-22-14-19(13-18-7-3-1-4-8-18)11-12-21(22)23(25-16-28,26-17-29)20-9-5-2-6-10-20/h1-12,14H,13H2. The summed E-state index contributed by atoms with van der Waals surface area (Å²) in [5.74, 6) is 0. The van der Waals surface area contributed by atoms with Crippen molar-refractivity contribution in [3.05, 3.63) is 101 Å².